The zero-order valence-electron chi connectivity index (χ0n) is 17.0. The molecule has 0 N–H and O–H groups in total. The molecule has 26 heavy (non-hydrogen) atoms. The second kappa shape index (κ2) is 8.45. The Labute approximate surface area is 156 Å². The summed E-state index contributed by atoms with van der Waals surface area (Å²) >= 11 is 0. The highest BCUT2D eigenvalue weighted by molar-refractivity contribution is 6.10. The number of hydrogen-bond donors (Lipinski definition) is 0. The molecule has 0 aromatic carbocycles. The fourth-order valence-electron chi connectivity index (χ4n) is 4.97. The number of aryl methyl sites for hydroxylation is 2. The molecule has 0 spiro atoms. The van der Waals surface area contributed by atoms with Gasteiger partial charge in [0.2, 0.25) is 5.95 Å². The predicted octanol–water partition coefficient (Wildman–Crippen LogP) is 4.74. The van der Waals surface area contributed by atoms with Gasteiger partial charge in [-0.3, -0.25) is 9.59 Å². The Bertz CT molecular complexity index is 665. The van der Waals surface area contributed by atoms with Gasteiger partial charge in [0, 0.05) is 7.05 Å². The Morgan fingerprint density at radius 2 is 1.77 bits per heavy atom. The molecule has 1 aliphatic carbocycles. The molecule has 1 fully saturated rings. The molecule has 4 atom stereocenters. The molecule has 0 bridgehead atoms. The summed E-state index contributed by atoms with van der Waals surface area (Å²) in [5.41, 5.74) is 0.359. The van der Waals surface area contributed by atoms with Gasteiger partial charge < -0.3 is 0 Å². The Morgan fingerprint density at radius 1 is 1.19 bits per heavy atom. The maximum absolute atomic E-state index is 14.5. The molecule has 0 amide bonds. The van der Waals surface area contributed by atoms with E-state index in [4.69, 9.17) is 0 Å². The average molecular weight is 365 g/mol. The number of ketones is 2. The van der Waals surface area contributed by atoms with Gasteiger partial charge in [-0.1, -0.05) is 33.6 Å². The Balaban J connectivity index is 2.37. The number of aromatic nitrogens is 2. The van der Waals surface area contributed by atoms with Gasteiger partial charge in [0.25, 0.3) is 0 Å². The highest BCUT2D eigenvalue weighted by Crippen LogP contribution is 2.43. The largest absolute Gasteiger partial charge is 0.299 e. The minimum absolute atomic E-state index is 0.00139. The van der Waals surface area contributed by atoms with E-state index in [-0.39, 0.29) is 23.0 Å². The molecule has 1 saturated carbocycles. The lowest BCUT2D eigenvalue weighted by Crippen LogP contribution is -2.39. The number of carbonyl (C=O) groups is 2. The zero-order valence-corrected chi connectivity index (χ0v) is 17.0. The van der Waals surface area contributed by atoms with Crippen LogP contribution in [0.5, 0.6) is 0 Å². The van der Waals surface area contributed by atoms with E-state index in [1.807, 2.05) is 0 Å². The van der Waals surface area contributed by atoms with E-state index < -0.39 is 11.9 Å². The van der Waals surface area contributed by atoms with Crippen molar-refractivity contribution in [1.82, 2.24) is 9.78 Å². The van der Waals surface area contributed by atoms with Crippen molar-refractivity contribution in [2.24, 2.45) is 36.6 Å². The highest BCUT2D eigenvalue weighted by atomic mass is 19.1. The van der Waals surface area contributed by atoms with Crippen molar-refractivity contribution in [2.75, 3.05) is 0 Å². The van der Waals surface area contributed by atoms with Crippen molar-refractivity contribution in [3.63, 3.8) is 0 Å². The van der Waals surface area contributed by atoms with Gasteiger partial charge in [0.1, 0.15) is 5.78 Å². The Kier molecular flexibility index (Phi) is 6.75. The van der Waals surface area contributed by atoms with Crippen molar-refractivity contribution in [2.45, 2.75) is 66.7 Å². The van der Waals surface area contributed by atoms with Gasteiger partial charge in [-0.25, -0.2) is 4.68 Å². The SMILES string of the molecule is CC(=O)C(C(=O)c1c(C)nn(C)c1F)C1CCCCC1C(C)CC(C)C. The summed E-state index contributed by atoms with van der Waals surface area (Å²) in [6.45, 7) is 9.76. The third-order valence-corrected chi connectivity index (χ3v) is 6.00. The molecule has 4 nitrogen and oxygen atoms in total. The second-order valence-electron chi connectivity index (χ2n) is 8.55. The average Bonchev–Trinajstić information content (AvgIpc) is 2.79. The number of rotatable bonds is 7. The molecule has 0 saturated heterocycles. The molecule has 2 rings (SSSR count). The van der Waals surface area contributed by atoms with Crippen LogP contribution < -0.4 is 0 Å². The van der Waals surface area contributed by atoms with Gasteiger partial charge in [-0.05, 0) is 56.8 Å². The van der Waals surface area contributed by atoms with E-state index in [0.717, 1.165) is 36.8 Å². The Morgan fingerprint density at radius 3 is 2.23 bits per heavy atom. The van der Waals surface area contributed by atoms with Crippen LogP contribution in [-0.4, -0.2) is 21.3 Å². The van der Waals surface area contributed by atoms with Crippen LogP contribution in [-0.2, 0) is 11.8 Å². The summed E-state index contributed by atoms with van der Waals surface area (Å²) in [4.78, 5) is 25.7. The molecule has 5 heteroatoms. The number of halogens is 1. The van der Waals surface area contributed by atoms with Gasteiger partial charge in [-0.15, -0.1) is 0 Å². The van der Waals surface area contributed by atoms with E-state index in [1.54, 1.807) is 6.92 Å². The van der Waals surface area contributed by atoms with Gasteiger partial charge in [-0.2, -0.15) is 9.49 Å². The van der Waals surface area contributed by atoms with Crippen molar-refractivity contribution < 1.29 is 14.0 Å². The second-order valence-corrected chi connectivity index (χ2v) is 8.55. The van der Waals surface area contributed by atoms with Crippen LogP contribution in [0.3, 0.4) is 0 Å². The van der Waals surface area contributed by atoms with Crippen LogP contribution in [0.1, 0.15) is 75.9 Å². The maximum Gasteiger partial charge on any atom is 0.222 e. The number of Topliss-reactive ketones (excluding diaryl/α,β-unsaturated/α-hetero) is 2. The number of hydrogen-bond acceptors (Lipinski definition) is 3. The van der Waals surface area contributed by atoms with E-state index in [0.29, 0.717) is 23.4 Å². The summed E-state index contributed by atoms with van der Waals surface area (Å²) in [6, 6.07) is 0. The zero-order chi connectivity index (χ0) is 19.6. The molecule has 4 unspecified atom stereocenters. The van der Waals surface area contributed by atoms with Crippen molar-refractivity contribution in [3.05, 3.63) is 17.2 Å². The van der Waals surface area contributed by atoms with Crippen molar-refractivity contribution >= 4 is 11.6 Å². The Hall–Kier alpha value is -1.52. The first-order valence-electron chi connectivity index (χ1n) is 9.88. The summed E-state index contributed by atoms with van der Waals surface area (Å²) in [5.74, 6) is -0.549. The van der Waals surface area contributed by atoms with E-state index in [1.165, 1.54) is 14.0 Å². The number of carbonyl (C=O) groups excluding carboxylic acids is 2. The lowest BCUT2D eigenvalue weighted by Gasteiger charge is -2.39. The summed E-state index contributed by atoms with van der Waals surface area (Å²) in [5, 5.41) is 4.02. The molecule has 1 aliphatic rings. The van der Waals surface area contributed by atoms with Crippen LogP contribution in [0.4, 0.5) is 4.39 Å². The van der Waals surface area contributed by atoms with Crippen LogP contribution in [0.2, 0.25) is 0 Å². The number of nitrogens with zero attached hydrogens (tertiary/aromatic N) is 2. The first-order chi connectivity index (χ1) is 12.1. The van der Waals surface area contributed by atoms with Gasteiger partial charge >= 0.3 is 0 Å². The first-order valence-corrected chi connectivity index (χ1v) is 9.88. The van der Waals surface area contributed by atoms with Crippen LogP contribution in [0.25, 0.3) is 0 Å². The first kappa shape index (κ1) is 20.8. The van der Waals surface area contributed by atoms with Crippen LogP contribution in [0, 0.1) is 42.5 Å². The lowest BCUT2D eigenvalue weighted by atomic mass is 9.64. The standard InChI is InChI=1S/C21H33FN2O2/c1-12(2)11-13(3)16-9-7-8-10-17(16)19(15(5)25)20(26)18-14(4)23-24(6)21(18)22/h12-13,16-17,19H,7-11H2,1-6H3. The summed E-state index contributed by atoms with van der Waals surface area (Å²) in [7, 11) is 1.48. The predicted molar refractivity (Wildman–Crippen MR) is 100 cm³/mol. The van der Waals surface area contributed by atoms with Gasteiger partial charge in [0.15, 0.2) is 5.78 Å². The van der Waals surface area contributed by atoms with Crippen LogP contribution in [0.15, 0.2) is 0 Å². The van der Waals surface area contributed by atoms with Crippen LogP contribution >= 0.6 is 0 Å². The molecular weight excluding hydrogens is 331 g/mol. The van der Waals surface area contributed by atoms with Crippen molar-refractivity contribution in [1.29, 1.82) is 0 Å². The molecule has 1 heterocycles. The minimum Gasteiger partial charge on any atom is -0.299 e. The van der Waals surface area contributed by atoms with E-state index >= 15 is 0 Å². The molecule has 1 aromatic heterocycles. The normalized spacial score (nSPS) is 23.1. The molecule has 0 aliphatic heterocycles. The quantitative estimate of drug-likeness (QED) is 0.518. The lowest BCUT2D eigenvalue weighted by molar-refractivity contribution is -0.122. The molecule has 0 radical (unpaired) electrons. The van der Waals surface area contributed by atoms with E-state index in [2.05, 4.69) is 25.9 Å². The molecule has 146 valence electrons. The fourth-order valence-corrected chi connectivity index (χ4v) is 4.97. The van der Waals surface area contributed by atoms with Gasteiger partial charge in [0.05, 0.1) is 17.2 Å². The summed E-state index contributed by atoms with van der Waals surface area (Å²) in [6.07, 6.45) is 5.16. The molecule has 1 aromatic rings. The van der Waals surface area contributed by atoms with E-state index in [9.17, 15) is 14.0 Å². The highest BCUT2D eigenvalue weighted by Gasteiger charge is 2.42. The maximum atomic E-state index is 14.5. The summed E-state index contributed by atoms with van der Waals surface area (Å²) < 4.78 is 15.5. The minimum atomic E-state index is -0.757. The topological polar surface area (TPSA) is 52.0 Å². The smallest absolute Gasteiger partial charge is 0.222 e. The third-order valence-electron chi connectivity index (χ3n) is 6.00. The third kappa shape index (κ3) is 4.24. The molecular formula is C21H33FN2O2. The van der Waals surface area contributed by atoms with Crippen molar-refractivity contribution in [3.8, 4) is 0 Å². The fraction of sp³-hybridized carbons (Fsp3) is 0.762. The monoisotopic (exact) mass is 364 g/mol.